The Kier molecular flexibility index (Phi) is 4.90. The molecule has 0 spiro atoms. The average Bonchev–Trinajstić information content (AvgIpc) is 2.47. The van der Waals surface area contributed by atoms with Crippen molar-refractivity contribution in [2.24, 2.45) is 5.92 Å². The van der Waals surface area contributed by atoms with Gasteiger partial charge in [0.05, 0.1) is 0 Å². The van der Waals surface area contributed by atoms with Gasteiger partial charge in [0.1, 0.15) is 0 Å². The highest BCUT2D eigenvalue weighted by Gasteiger charge is 2.26. The summed E-state index contributed by atoms with van der Waals surface area (Å²) in [5, 5.41) is 3.66. The minimum absolute atomic E-state index is 0.480. The maximum Gasteiger partial charge on any atom is 0.0337 e. The standard InChI is InChI=1S/C15H21Br2N/c1-4-18-13-7-9(2)5-6-11-12(16)8-10(3)15(17)14(11)13/h8-9,13,18H,4-7H2,1-3H3. The zero-order valence-corrected chi connectivity index (χ0v) is 14.5. The molecule has 0 saturated carbocycles. The van der Waals surface area contributed by atoms with Crippen LogP contribution >= 0.6 is 31.9 Å². The predicted octanol–water partition coefficient (Wildman–Crippen LogP) is 5.14. The van der Waals surface area contributed by atoms with Crippen molar-refractivity contribution in [2.45, 2.75) is 46.1 Å². The molecular formula is C15H21Br2N. The lowest BCUT2D eigenvalue weighted by Gasteiger charge is -2.23. The number of hydrogen-bond donors (Lipinski definition) is 1. The molecule has 2 rings (SSSR count). The molecule has 0 heterocycles. The Labute approximate surface area is 127 Å². The first kappa shape index (κ1) is 14.5. The maximum atomic E-state index is 3.80. The molecule has 3 heteroatoms. The van der Waals surface area contributed by atoms with Gasteiger partial charge in [-0.1, -0.05) is 45.7 Å². The fourth-order valence-corrected chi connectivity index (χ4v) is 4.28. The second-order valence-electron chi connectivity index (χ2n) is 5.37. The summed E-state index contributed by atoms with van der Waals surface area (Å²) in [6.07, 6.45) is 3.69. The van der Waals surface area contributed by atoms with E-state index in [0.717, 1.165) is 12.5 Å². The topological polar surface area (TPSA) is 12.0 Å². The van der Waals surface area contributed by atoms with Crippen LogP contribution in [0.4, 0.5) is 0 Å². The zero-order chi connectivity index (χ0) is 13.3. The third kappa shape index (κ3) is 2.83. The van der Waals surface area contributed by atoms with Gasteiger partial charge in [0.15, 0.2) is 0 Å². The maximum absolute atomic E-state index is 3.80. The van der Waals surface area contributed by atoms with Crippen LogP contribution in [0, 0.1) is 12.8 Å². The van der Waals surface area contributed by atoms with Gasteiger partial charge in [0.25, 0.3) is 0 Å². The largest absolute Gasteiger partial charge is 0.310 e. The first-order valence-electron chi connectivity index (χ1n) is 6.75. The SMILES string of the molecule is CCNC1CC(C)CCc2c(Br)cc(C)c(Br)c21. The van der Waals surface area contributed by atoms with Crippen molar-refractivity contribution >= 4 is 31.9 Å². The van der Waals surface area contributed by atoms with Crippen LogP contribution in [0.3, 0.4) is 0 Å². The molecule has 1 aromatic rings. The molecule has 0 aromatic heterocycles. The van der Waals surface area contributed by atoms with E-state index >= 15 is 0 Å². The second-order valence-corrected chi connectivity index (χ2v) is 7.02. The molecule has 1 N–H and O–H groups in total. The molecule has 1 aliphatic rings. The summed E-state index contributed by atoms with van der Waals surface area (Å²) in [7, 11) is 0. The molecule has 0 amide bonds. The van der Waals surface area contributed by atoms with E-state index in [0.29, 0.717) is 6.04 Å². The van der Waals surface area contributed by atoms with Crippen LogP contribution in [0.5, 0.6) is 0 Å². The Morgan fingerprint density at radius 1 is 1.39 bits per heavy atom. The van der Waals surface area contributed by atoms with E-state index in [2.05, 4.69) is 64.0 Å². The minimum Gasteiger partial charge on any atom is -0.310 e. The van der Waals surface area contributed by atoms with Gasteiger partial charge >= 0.3 is 0 Å². The number of hydrogen-bond acceptors (Lipinski definition) is 1. The Hall–Kier alpha value is 0.140. The molecule has 2 atom stereocenters. The molecule has 0 aliphatic heterocycles. The van der Waals surface area contributed by atoms with E-state index in [4.69, 9.17) is 0 Å². The van der Waals surface area contributed by atoms with Crippen molar-refractivity contribution in [1.82, 2.24) is 5.32 Å². The fourth-order valence-electron chi connectivity index (χ4n) is 2.89. The zero-order valence-electron chi connectivity index (χ0n) is 11.3. The lowest BCUT2D eigenvalue weighted by Crippen LogP contribution is -2.23. The normalized spacial score (nSPS) is 23.6. The Morgan fingerprint density at radius 2 is 2.11 bits per heavy atom. The van der Waals surface area contributed by atoms with E-state index in [1.165, 1.54) is 44.9 Å². The highest BCUT2D eigenvalue weighted by Crippen LogP contribution is 2.41. The molecule has 0 bridgehead atoms. The molecule has 1 nitrogen and oxygen atoms in total. The molecular weight excluding hydrogens is 354 g/mol. The van der Waals surface area contributed by atoms with Crippen molar-refractivity contribution in [3.8, 4) is 0 Å². The van der Waals surface area contributed by atoms with E-state index < -0.39 is 0 Å². The van der Waals surface area contributed by atoms with Gasteiger partial charge in [-0.25, -0.2) is 0 Å². The van der Waals surface area contributed by atoms with Crippen LogP contribution in [-0.4, -0.2) is 6.54 Å². The number of nitrogens with one attached hydrogen (secondary N) is 1. The van der Waals surface area contributed by atoms with Gasteiger partial charge in [0.2, 0.25) is 0 Å². The molecule has 0 radical (unpaired) electrons. The van der Waals surface area contributed by atoms with Crippen molar-refractivity contribution in [3.05, 3.63) is 31.7 Å². The van der Waals surface area contributed by atoms with Gasteiger partial charge in [-0.05, 0) is 61.4 Å². The third-order valence-corrected chi connectivity index (χ3v) is 5.62. The number of fused-ring (bicyclic) bond motifs is 1. The van der Waals surface area contributed by atoms with Crippen LogP contribution in [0.25, 0.3) is 0 Å². The summed E-state index contributed by atoms with van der Waals surface area (Å²) in [6.45, 7) is 7.75. The van der Waals surface area contributed by atoms with E-state index in [9.17, 15) is 0 Å². The van der Waals surface area contributed by atoms with Crippen LogP contribution < -0.4 is 5.32 Å². The summed E-state index contributed by atoms with van der Waals surface area (Å²) in [5.74, 6) is 0.778. The summed E-state index contributed by atoms with van der Waals surface area (Å²) >= 11 is 7.56. The predicted molar refractivity (Wildman–Crippen MR) is 85.1 cm³/mol. The van der Waals surface area contributed by atoms with Crippen molar-refractivity contribution in [2.75, 3.05) is 6.54 Å². The first-order valence-corrected chi connectivity index (χ1v) is 8.33. The molecule has 1 aromatic carbocycles. The lowest BCUT2D eigenvalue weighted by molar-refractivity contribution is 0.414. The van der Waals surface area contributed by atoms with Gasteiger partial charge in [-0.15, -0.1) is 0 Å². The number of benzene rings is 1. The van der Waals surface area contributed by atoms with Crippen molar-refractivity contribution < 1.29 is 0 Å². The smallest absolute Gasteiger partial charge is 0.0337 e. The molecule has 0 saturated heterocycles. The highest BCUT2D eigenvalue weighted by atomic mass is 79.9. The first-order chi connectivity index (χ1) is 8.54. The molecule has 18 heavy (non-hydrogen) atoms. The molecule has 1 aliphatic carbocycles. The number of rotatable bonds is 2. The van der Waals surface area contributed by atoms with Crippen molar-refractivity contribution in [3.63, 3.8) is 0 Å². The van der Waals surface area contributed by atoms with Crippen LogP contribution in [0.2, 0.25) is 0 Å². The Bertz CT molecular complexity index is 443. The molecule has 100 valence electrons. The summed E-state index contributed by atoms with van der Waals surface area (Å²) < 4.78 is 2.57. The monoisotopic (exact) mass is 373 g/mol. The summed E-state index contributed by atoms with van der Waals surface area (Å²) in [6, 6.07) is 2.72. The summed E-state index contributed by atoms with van der Waals surface area (Å²) in [4.78, 5) is 0. The highest BCUT2D eigenvalue weighted by molar-refractivity contribution is 9.11. The molecule has 2 unspecified atom stereocenters. The van der Waals surface area contributed by atoms with Gasteiger partial charge in [-0.3, -0.25) is 0 Å². The van der Waals surface area contributed by atoms with Gasteiger partial charge < -0.3 is 5.32 Å². The Balaban J connectivity index is 2.54. The van der Waals surface area contributed by atoms with E-state index in [1.807, 2.05) is 0 Å². The van der Waals surface area contributed by atoms with Crippen LogP contribution in [0.1, 0.15) is 49.4 Å². The van der Waals surface area contributed by atoms with Crippen LogP contribution in [0.15, 0.2) is 15.0 Å². The van der Waals surface area contributed by atoms with Gasteiger partial charge in [0, 0.05) is 15.0 Å². The van der Waals surface area contributed by atoms with Gasteiger partial charge in [-0.2, -0.15) is 0 Å². The summed E-state index contributed by atoms with van der Waals surface area (Å²) in [5.41, 5.74) is 4.29. The van der Waals surface area contributed by atoms with Crippen LogP contribution in [-0.2, 0) is 6.42 Å². The number of aryl methyl sites for hydroxylation is 1. The molecule has 0 fully saturated rings. The number of halogens is 2. The third-order valence-electron chi connectivity index (χ3n) is 3.86. The van der Waals surface area contributed by atoms with Crippen molar-refractivity contribution in [1.29, 1.82) is 0 Å². The quantitative estimate of drug-likeness (QED) is 0.706. The Morgan fingerprint density at radius 3 is 2.78 bits per heavy atom. The van der Waals surface area contributed by atoms with E-state index in [1.54, 1.807) is 0 Å². The minimum atomic E-state index is 0.480. The second kappa shape index (κ2) is 6.06. The lowest BCUT2D eigenvalue weighted by atomic mass is 9.95. The fraction of sp³-hybridized carbons (Fsp3) is 0.600. The van der Waals surface area contributed by atoms with E-state index in [-0.39, 0.29) is 0 Å². The average molecular weight is 375 g/mol.